The fourth-order valence-electron chi connectivity index (χ4n) is 3.53. The Morgan fingerprint density at radius 1 is 1.00 bits per heavy atom. The van der Waals surface area contributed by atoms with Crippen LogP contribution in [0.3, 0.4) is 0 Å². The number of ether oxygens (including phenoxy) is 1. The van der Waals surface area contributed by atoms with E-state index in [-0.39, 0.29) is 6.04 Å². The maximum absolute atomic E-state index is 12.9. The van der Waals surface area contributed by atoms with Crippen molar-refractivity contribution < 1.29 is 13.2 Å². The second-order valence-electron chi connectivity index (χ2n) is 6.55. The highest BCUT2D eigenvalue weighted by molar-refractivity contribution is 7.86. The van der Waals surface area contributed by atoms with Crippen molar-refractivity contribution in [3.63, 3.8) is 0 Å². The van der Waals surface area contributed by atoms with Crippen LogP contribution in [0.4, 0.5) is 5.69 Å². The van der Waals surface area contributed by atoms with Crippen molar-refractivity contribution in [2.24, 2.45) is 0 Å². The van der Waals surface area contributed by atoms with Gasteiger partial charge in [0.1, 0.15) is 5.75 Å². The molecule has 0 N–H and O–H groups in total. The summed E-state index contributed by atoms with van der Waals surface area (Å²) in [4.78, 5) is 2.23. The van der Waals surface area contributed by atoms with Gasteiger partial charge in [-0.15, -0.1) is 0 Å². The molecule has 2 heterocycles. The minimum absolute atomic E-state index is 0.114. The van der Waals surface area contributed by atoms with E-state index in [1.54, 1.807) is 15.7 Å². The van der Waals surface area contributed by atoms with Crippen LogP contribution in [-0.4, -0.2) is 62.9 Å². The summed E-state index contributed by atoms with van der Waals surface area (Å²) >= 11 is 0. The molecule has 24 heavy (non-hydrogen) atoms. The Bertz CT molecular complexity index is 640. The predicted octanol–water partition coefficient (Wildman–Crippen LogP) is 1.94. The molecule has 0 aliphatic carbocycles. The second-order valence-corrected chi connectivity index (χ2v) is 8.43. The molecule has 3 rings (SSSR count). The average Bonchev–Trinajstić information content (AvgIpc) is 2.62. The number of hydrogen-bond donors (Lipinski definition) is 0. The molecule has 134 valence electrons. The van der Waals surface area contributed by atoms with E-state index < -0.39 is 10.2 Å². The topological polar surface area (TPSA) is 53.1 Å². The lowest BCUT2D eigenvalue weighted by Gasteiger charge is -2.40. The molecule has 2 saturated heterocycles. The molecule has 7 heteroatoms. The molecule has 2 aliphatic rings. The van der Waals surface area contributed by atoms with E-state index in [9.17, 15) is 8.42 Å². The Morgan fingerprint density at radius 3 is 2.25 bits per heavy atom. The van der Waals surface area contributed by atoms with E-state index >= 15 is 0 Å². The molecule has 1 atom stereocenters. The predicted molar refractivity (Wildman–Crippen MR) is 95.7 cm³/mol. The third kappa shape index (κ3) is 3.53. The van der Waals surface area contributed by atoms with Crippen LogP contribution >= 0.6 is 0 Å². The zero-order chi connectivity index (χ0) is 17.2. The molecular weight excluding hydrogens is 326 g/mol. The molecule has 0 spiro atoms. The smallest absolute Gasteiger partial charge is 0.282 e. The van der Waals surface area contributed by atoms with Crippen molar-refractivity contribution in [3.05, 3.63) is 24.3 Å². The number of methoxy groups -OCH3 is 1. The number of piperazine rings is 1. The Morgan fingerprint density at radius 2 is 1.67 bits per heavy atom. The average molecular weight is 353 g/mol. The van der Waals surface area contributed by atoms with Crippen molar-refractivity contribution in [2.75, 3.05) is 44.7 Å². The standard InChI is InChI=1S/C17H27N3O3S/c1-15-5-3-4-10-20(15)24(21,22)19-13-11-18(12-14-19)16-6-8-17(23-2)9-7-16/h6-9,15H,3-5,10-14H2,1-2H3. The van der Waals surface area contributed by atoms with E-state index in [0.29, 0.717) is 32.7 Å². The third-order valence-electron chi connectivity index (χ3n) is 5.04. The molecule has 2 fully saturated rings. The van der Waals surface area contributed by atoms with Crippen LogP contribution in [0.25, 0.3) is 0 Å². The van der Waals surface area contributed by atoms with Crippen molar-refractivity contribution >= 4 is 15.9 Å². The fraction of sp³-hybridized carbons (Fsp3) is 0.647. The number of nitrogens with zero attached hydrogens (tertiary/aromatic N) is 3. The summed E-state index contributed by atoms with van der Waals surface area (Å²) in [5.41, 5.74) is 1.11. The molecule has 0 amide bonds. The third-order valence-corrected chi connectivity index (χ3v) is 7.19. The summed E-state index contributed by atoms with van der Waals surface area (Å²) in [6.45, 7) is 5.18. The molecule has 1 aromatic carbocycles. The van der Waals surface area contributed by atoms with E-state index in [0.717, 1.165) is 30.7 Å². The van der Waals surface area contributed by atoms with Gasteiger partial charge in [0.2, 0.25) is 0 Å². The molecule has 1 unspecified atom stereocenters. The van der Waals surface area contributed by atoms with Gasteiger partial charge in [0.15, 0.2) is 0 Å². The van der Waals surface area contributed by atoms with E-state index in [4.69, 9.17) is 4.74 Å². The largest absolute Gasteiger partial charge is 0.497 e. The lowest BCUT2D eigenvalue weighted by molar-refractivity contribution is 0.241. The number of benzene rings is 1. The molecule has 0 radical (unpaired) electrons. The summed E-state index contributed by atoms with van der Waals surface area (Å²) in [5.74, 6) is 0.832. The number of hydrogen-bond acceptors (Lipinski definition) is 4. The zero-order valence-corrected chi connectivity index (χ0v) is 15.3. The Balaban J connectivity index is 1.63. The highest BCUT2D eigenvalue weighted by Gasteiger charge is 2.36. The lowest BCUT2D eigenvalue weighted by atomic mass is 10.1. The van der Waals surface area contributed by atoms with Crippen molar-refractivity contribution in [3.8, 4) is 5.75 Å². The van der Waals surface area contributed by atoms with Gasteiger partial charge in [-0.3, -0.25) is 0 Å². The molecular formula is C17H27N3O3S. The van der Waals surface area contributed by atoms with Gasteiger partial charge in [0.05, 0.1) is 7.11 Å². The van der Waals surface area contributed by atoms with Gasteiger partial charge in [-0.05, 0) is 44.0 Å². The number of piperidine rings is 1. The summed E-state index contributed by atoms with van der Waals surface area (Å²) in [6, 6.07) is 8.04. The van der Waals surface area contributed by atoms with Crippen LogP contribution in [-0.2, 0) is 10.2 Å². The maximum atomic E-state index is 12.9. The summed E-state index contributed by atoms with van der Waals surface area (Å²) in [6.07, 6.45) is 3.05. The Hall–Kier alpha value is -1.31. The van der Waals surface area contributed by atoms with Gasteiger partial charge in [-0.2, -0.15) is 17.0 Å². The van der Waals surface area contributed by atoms with Crippen molar-refractivity contribution in [1.82, 2.24) is 8.61 Å². The summed E-state index contributed by atoms with van der Waals surface area (Å²) < 4.78 is 34.3. The summed E-state index contributed by atoms with van der Waals surface area (Å²) in [5, 5.41) is 0. The minimum Gasteiger partial charge on any atom is -0.497 e. The normalized spacial score (nSPS) is 24.1. The first-order chi connectivity index (χ1) is 11.5. The van der Waals surface area contributed by atoms with Gasteiger partial charge in [-0.25, -0.2) is 0 Å². The van der Waals surface area contributed by atoms with Crippen LogP contribution in [0.1, 0.15) is 26.2 Å². The van der Waals surface area contributed by atoms with Gasteiger partial charge in [0, 0.05) is 44.5 Å². The zero-order valence-electron chi connectivity index (χ0n) is 14.5. The molecule has 0 aromatic heterocycles. The molecule has 2 aliphatic heterocycles. The highest BCUT2D eigenvalue weighted by Crippen LogP contribution is 2.25. The van der Waals surface area contributed by atoms with Crippen molar-refractivity contribution in [1.29, 1.82) is 0 Å². The second kappa shape index (κ2) is 7.29. The first kappa shape index (κ1) is 17.5. The van der Waals surface area contributed by atoms with E-state index in [1.807, 2.05) is 31.2 Å². The van der Waals surface area contributed by atoms with E-state index in [1.165, 1.54) is 0 Å². The van der Waals surface area contributed by atoms with Gasteiger partial charge in [-0.1, -0.05) is 6.42 Å². The van der Waals surface area contributed by atoms with Gasteiger partial charge < -0.3 is 9.64 Å². The highest BCUT2D eigenvalue weighted by atomic mass is 32.2. The molecule has 6 nitrogen and oxygen atoms in total. The SMILES string of the molecule is COc1ccc(N2CCN(S(=O)(=O)N3CCCCC3C)CC2)cc1. The van der Waals surface area contributed by atoms with Gasteiger partial charge >= 0.3 is 0 Å². The quantitative estimate of drug-likeness (QED) is 0.830. The Labute approximate surface area is 145 Å². The number of rotatable bonds is 4. The summed E-state index contributed by atoms with van der Waals surface area (Å²) in [7, 11) is -1.68. The van der Waals surface area contributed by atoms with Gasteiger partial charge in [0.25, 0.3) is 10.2 Å². The van der Waals surface area contributed by atoms with Crippen molar-refractivity contribution in [2.45, 2.75) is 32.2 Å². The monoisotopic (exact) mass is 353 g/mol. The van der Waals surface area contributed by atoms with Crippen LogP contribution in [0.15, 0.2) is 24.3 Å². The minimum atomic E-state index is -3.33. The van der Waals surface area contributed by atoms with Crippen LogP contribution < -0.4 is 9.64 Å². The fourth-order valence-corrected chi connectivity index (χ4v) is 5.37. The van der Waals surface area contributed by atoms with Crippen LogP contribution in [0.2, 0.25) is 0 Å². The lowest BCUT2D eigenvalue weighted by Crippen LogP contribution is -2.55. The molecule has 1 aromatic rings. The first-order valence-corrected chi connectivity index (χ1v) is 10.1. The molecule has 0 bridgehead atoms. The van der Waals surface area contributed by atoms with Crippen LogP contribution in [0, 0.1) is 0 Å². The van der Waals surface area contributed by atoms with Crippen LogP contribution in [0.5, 0.6) is 5.75 Å². The Kier molecular flexibility index (Phi) is 5.32. The first-order valence-electron chi connectivity index (χ1n) is 8.68. The number of anilines is 1. The van der Waals surface area contributed by atoms with E-state index in [2.05, 4.69) is 4.90 Å². The maximum Gasteiger partial charge on any atom is 0.282 e. The molecule has 0 saturated carbocycles.